The van der Waals surface area contributed by atoms with E-state index in [-0.39, 0.29) is 21.1 Å². The van der Waals surface area contributed by atoms with Crippen LogP contribution < -0.4 is 4.74 Å². The van der Waals surface area contributed by atoms with E-state index in [0.29, 0.717) is 11.5 Å². The third-order valence-electron chi connectivity index (χ3n) is 8.53. The van der Waals surface area contributed by atoms with Crippen LogP contribution in [-0.2, 0) is 21.1 Å². The van der Waals surface area contributed by atoms with Gasteiger partial charge in [-0.15, -0.1) is 47.1 Å². The van der Waals surface area contributed by atoms with Crippen molar-refractivity contribution in [3.63, 3.8) is 0 Å². The van der Waals surface area contributed by atoms with Crippen LogP contribution in [0.4, 0.5) is 0 Å². The predicted molar refractivity (Wildman–Crippen MR) is 180 cm³/mol. The van der Waals surface area contributed by atoms with Crippen molar-refractivity contribution in [1.82, 2.24) is 14.0 Å². The van der Waals surface area contributed by atoms with Gasteiger partial charge in [0.15, 0.2) is 0 Å². The number of hydrogen-bond donors (Lipinski definition) is 0. The topological polar surface area (TPSA) is 31.5 Å². The van der Waals surface area contributed by atoms with Gasteiger partial charge in [-0.3, -0.25) is 4.98 Å². The predicted octanol–water partition coefficient (Wildman–Crippen LogP) is 10.3. The summed E-state index contributed by atoms with van der Waals surface area (Å²) in [6.07, 6.45) is 3.82. The Morgan fingerprint density at radius 1 is 0.644 bits per heavy atom. The Hall–Kier alpha value is -4.96. The molecule has 0 N–H and O–H groups in total. The molecule has 0 bridgehead atoms. The van der Waals surface area contributed by atoms with Gasteiger partial charge in [-0.2, -0.15) is 30.3 Å². The molecule has 10 rings (SSSR count). The molecule has 0 aliphatic rings. The maximum absolute atomic E-state index is 6.43. The van der Waals surface area contributed by atoms with E-state index in [1.54, 1.807) is 0 Å². The summed E-state index contributed by atoms with van der Waals surface area (Å²) < 4.78 is 13.3. The molecule has 0 saturated carbocycles. The number of aromatic nitrogens is 3. The van der Waals surface area contributed by atoms with Crippen LogP contribution in [0.3, 0.4) is 0 Å². The van der Waals surface area contributed by atoms with E-state index in [9.17, 15) is 0 Å². The molecule has 4 nitrogen and oxygen atoms in total. The third-order valence-corrected chi connectivity index (χ3v) is 9.67. The molecule has 6 heteroatoms. The Kier molecular flexibility index (Phi) is 5.89. The minimum atomic E-state index is 0. The Morgan fingerprint density at radius 2 is 1.49 bits per heavy atom. The molecule has 0 saturated heterocycles. The number of nitrogens with zero attached hydrogens (tertiary/aromatic N) is 3. The summed E-state index contributed by atoms with van der Waals surface area (Å²) in [5.41, 5.74) is 5.01. The van der Waals surface area contributed by atoms with E-state index in [0.717, 1.165) is 44.0 Å². The monoisotopic (exact) mass is 773 g/mol. The quantitative estimate of drug-likeness (QED) is 0.132. The summed E-state index contributed by atoms with van der Waals surface area (Å²) in [6, 6.07) is 48.5. The van der Waals surface area contributed by atoms with Crippen molar-refractivity contribution in [3.05, 3.63) is 140 Å². The summed E-state index contributed by atoms with van der Waals surface area (Å²) in [5, 5.41) is 8.12. The van der Waals surface area contributed by atoms with Crippen LogP contribution in [-0.4, -0.2) is 14.0 Å². The van der Waals surface area contributed by atoms with Crippen molar-refractivity contribution < 1.29 is 25.8 Å². The molecule has 0 atom stereocenters. The Labute approximate surface area is 276 Å². The van der Waals surface area contributed by atoms with Crippen molar-refractivity contribution in [2.75, 3.05) is 0 Å². The van der Waals surface area contributed by atoms with Crippen molar-refractivity contribution in [2.45, 2.75) is 0 Å². The van der Waals surface area contributed by atoms with Crippen LogP contribution >= 0.6 is 11.3 Å². The van der Waals surface area contributed by atoms with Crippen LogP contribution in [0.15, 0.2) is 122 Å². The van der Waals surface area contributed by atoms with Crippen LogP contribution in [0, 0.1) is 18.2 Å². The molecule has 6 aromatic carbocycles. The number of rotatable bonds is 3. The van der Waals surface area contributed by atoms with Gasteiger partial charge in [-0.1, -0.05) is 70.5 Å². The zero-order valence-corrected chi connectivity index (χ0v) is 26.6. The van der Waals surface area contributed by atoms with Crippen molar-refractivity contribution in [3.8, 4) is 17.2 Å². The molecular formula is C39H20N3OPtS-3. The first-order valence-corrected chi connectivity index (χ1v) is 15.3. The number of benzene rings is 6. The zero-order chi connectivity index (χ0) is 28.8. The second-order valence-corrected chi connectivity index (χ2v) is 12.1. The molecule has 0 aliphatic heterocycles. The SMILES string of the molecule is [Pt].[c-]1c(Oc2[c-]c3c(cc2)c2ccccc2n2ccnc32)cccc1-n1c2[c-]cccc2c2cc3c(cc21)sc1ccccc13. The molecule has 0 aliphatic carbocycles. The summed E-state index contributed by atoms with van der Waals surface area (Å²) in [6.45, 7) is 0. The Balaban J connectivity index is 0.00000281. The molecule has 216 valence electrons. The fourth-order valence-corrected chi connectivity index (χ4v) is 7.76. The molecule has 4 heterocycles. The fraction of sp³-hybridized carbons (Fsp3) is 0. The number of thiophene rings is 1. The smallest absolute Gasteiger partial charge is 0.0609 e. The molecule has 45 heavy (non-hydrogen) atoms. The third kappa shape index (κ3) is 3.91. The maximum Gasteiger partial charge on any atom is 0.0609 e. The number of fused-ring (bicyclic) bond motifs is 12. The van der Waals surface area contributed by atoms with E-state index in [2.05, 4.69) is 117 Å². The van der Waals surface area contributed by atoms with E-state index >= 15 is 0 Å². The van der Waals surface area contributed by atoms with Gasteiger partial charge >= 0.3 is 0 Å². The van der Waals surface area contributed by atoms with Gasteiger partial charge in [0, 0.05) is 76.2 Å². The Bertz CT molecular complexity index is 2770. The molecule has 10 aromatic rings. The maximum atomic E-state index is 6.43. The molecule has 0 unspecified atom stereocenters. The summed E-state index contributed by atoms with van der Waals surface area (Å²) >= 11 is 1.83. The zero-order valence-electron chi connectivity index (χ0n) is 23.5. The van der Waals surface area contributed by atoms with Gasteiger partial charge < -0.3 is 13.7 Å². The first kappa shape index (κ1) is 26.4. The average molecular weight is 774 g/mol. The number of hydrogen-bond acceptors (Lipinski definition) is 3. The first-order chi connectivity index (χ1) is 21.8. The Morgan fingerprint density at radius 3 is 2.44 bits per heavy atom. The minimum absolute atomic E-state index is 0. The van der Waals surface area contributed by atoms with Crippen LogP contribution in [0.2, 0.25) is 0 Å². The van der Waals surface area contributed by atoms with Crippen LogP contribution in [0.5, 0.6) is 11.5 Å². The standard InChI is InChI=1S/C39H20N3OS.Pt/c1-4-13-34-28(10-1)27-17-16-26(21-33(27)39-40-18-19-41(34)39)43-25-9-7-8-24(20-25)42-35-14-5-2-11-29(35)31-22-32-30-12-3-6-15-37(30)44-38(32)23-36(31)42;/h1-13,15-19,22-23H;/q-3;. The average Bonchev–Trinajstić information content (AvgIpc) is 3.78. The van der Waals surface area contributed by atoms with Gasteiger partial charge in [0.2, 0.25) is 0 Å². The number of imidazole rings is 1. The van der Waals surface area contributed by atoms with Gasteiger partial charge in [-0.05, 0) is 29.0 Å². The second kappa shape index (κ2) is 10.0. The summed E-state index contributed by atoms with van der Waals surface area (Å²) in [4.78, 5) is 4.65. The molecule has 0 fully saturated rings. The van der Waals surface area contributed by atoms with Gasteiger partial charge in [0.05, 0.1) is 5.65 Å². The van der Waals surface area contributed by atoms with E-state index < -0.39 is 0 Å². The normalized spacial score (nSPS) is 11.8. The van der Waals surface area contributed by atoms with Gasteiger partial charge in [0.25, 0.3) is 0 Å². The van der Waals surface area contributed by atoms with Gasteiger partial charge in [-0.25, -0.2) is 0 Å². The van der Waals surface area contributed by atoms with Crippen LogP contribution in [0.25, 0.3) is 75.0 Å². The van der Waals surface area contributed by atoms with E-state index in [1.807, 2.05) is 48.0 Å². The van der Waals surface area contributed by atoms with Crippen molar-refractivity contribution in [1.29, 1.82) is 0 Å². The second-order valence-electron chi connectivity index (χ2n) is 11.0. The molecule has 0 spiro atoms. The molecule has 0 amide bonds. The number of pyridine rings is 1. The molecule has 0 radical (unpaired) electrons. The fourth-order valence-electron chi connectivity index (χ4n) is 6.64. The van der Waals surface area contributed by atoms with Crippen molar-refractivity contribution >= 4 is 80.6 Å². The van der Waals surface area contributed by atoms with E-state index in [4.69, 9.17) is 4.74 Å². The molecule has 4 aromatic heterocycles. The van der Waals surface area contributed by atoms with Crippen LogP contribution in [0.1, 0.15) is 0 Å². The molecular weight excluding hydrogens is 754 g/mol. The van der Waals surface area contributed by atoms with Gasteiger partial charge in [0.1, 0.15) is 0 Å². The minimum Gasteiger partial charge on any atom is -0.503 e. The number of ether oxygens (including phenoxy) is 1. The number of para-hydroxylation sites is 2. The summed E-state index contributed by atoms with van der Waals surface area (Å²) in [7, 11) is 0. The van der Waals surface area contributed by atoms with E-state index in [1.165, 1.54) is 30.9 Å². The van der Waals surface area contributed by atoms with Crippen molar-refractivity contribution in [2.24, 2.45) is 0 Å². The summed E-state index contributed by atoms with van der Waals surface area (Å²) in [5.74, 6) is 1.24. The largest absolute Gasteiger partial charge is 0.503 e. The first-order valence-electron chi connectivity index (χ1n) is 14.5.